The number of benzene rings is 2. The van der Waals surface area contributed by atoms with Crippen molar-refractivity contribution >= 4 is 16.8 Å². The molecule has 2 fully saturated rings. The van der Waals surface area contributed by atoms with Crippen molar-refractivity contribution in [2.24, 2.45) is 11.8 Å². The number of rotatable bonds is 10. The van der Waals surface area contributed by atoms with Crippen LogP contribution < -0.4 is 15.6 Å². The fourth-order valence-electron chi connectivity index (χ4n) is 4.79. The summed E-state index contributed by atoms with van der Waals surface area (Å²) in [6.07, 6.45) is 5.03. The summed E-state index contributed by atoms with van der Waals surface area (Å²) in [4.78, 5) is 33.4. The van der Waals surface area contributed by atoms with Gasteiger partial charge in [-0.1, -0.05) is 30.3 Å². The van der Waals surface area contributed by atoms with Crippen LogP contribution in [0.3, 0.4) is 0 Å². The fraction of sp³-hybridized carbons (Fsp3) is 0.448. The lowest BCUT2D eigenvalue weighted by atomic mass is 9.98. The maximum absolute atomic E-state index is 13.6. The van der Waals surface area contributed by atoms with Gasteiger partial charge in [-0.15, -0.1) is 0 Å². The van der Waals surface area contributed by atoms with E-state index >= 15 is 0 Å². The van der Waals surface area contributed by atoms with Crippen LogP contribution in [0.5, 0.6) is 5.75 Å². The Kier molecular flexibility index (Phi) is 7.81. The Morgan fingerprint density at radius 3 is 2.62 bits per heavy atom. The van der Waals surface area contributed by atoms with Crippen LogP contribution in [0.1, 0.15) is 32.1 Å². The normalized spacial score (nSPS) is 16.4. The molecular formula is C29H33N5O3. The van der Waals surface area contributed by atoms with Crippen LogP contribution >= 0.6 is 0 Å². The van der Waals surface area contributed by atoms with Crippen LogP contribution in [0.4, 0.5) is 0 Å². The van der Waals surface area contributed by atoms with Gasteiger partial charge in [0.25, 0.3) is 5.56 Å². The minimum atomic E-state index is -0.253. The lowest BCUT2D eigenvalue weighted by molar-refractivity contribution is -0.121. The molecule has 192 valence electrons. The Morgan fingerprint density at radius 2 is 1.89 bits per heavy atom. The number of hydrogen-bond acceptors (Lipinski definition) is 6. The van der Waals surface area contributed by atoms with Crippen LogP contribution in [-0.4, -0.2) is 53.1 Å². The molecule has 0 unspecified atom stereocenters. The Balaban J connectivity index is 1.30. The van der Waals surface area contributed by atoms with E-state index in [9.17, 15) is 9.59 Å². The molecule has 0 spiro atoms. The molecule has 0 radical (unpaired) electrons. The molecule has 3 aromatic rings. The summed E-state index contributed by atoms with van der Waals surface area (Å²) < 4.78 is 7.44. The molecule has 0 atom stereocenters. The van der Waals surface area contributed by atoms with Crippen molar-refractivity contribution in [2.45, 2.75) is 38.6 Å². The van der Waals surface area contributed by atoms with Gasteiger partial charge >= 0.3 is 0 Å². The summed E-state index contributed by atoms with van der Waals surface area (Å²) in [5.41, 5.74) is 1.11. The van der Waals surface area contributed by atoms with Crippen molar-refractivity contribution in [2.75, 3.05) is 32.8 Å². The van der Waals surface area contributed by atoms with E-state index in [0.29, 0.717) is 41.5 Å². The zero-order valence-corrected chi connectivity index (χ0v) is 21.1. The number of fused-ring (bicyclic) bond motifs is 1. The molecule has 2 aromatic carbocycles. The van der Waals surface area contributed by atoms with Crippen molar-refractivity contribution in [1.29, 1.82) is 5.26 Å². The molecular weight excluding hydrogens is 466 g/mol. The number of piperidine rings is 1. The van der Waals surface area contributed by atoms with Gasteiger partial charge in [0, 0.05) is 24.6 Å². The van der Waals surface area contributed by atoms with E-state index in [0.717, 1.165) is 57.3 Å². The molecule has 0 bridgehead atoms. The number of hydrogen-bond donors (Lipinski definition) is 1. The minimum absolute atomic E-state index is 0.0771. The molecule has 8 nitrogen and oxygen atoms in total. The average Bonchev–Trinajstić information content (AvgIpc) is 3.77. The number of aromatic nitrogens is 2. The topological polar surface area (TPSA) is 100 Å². The molecule has 5 rings (SSSR count). The first-order chi connectivity index (χ1) is 18.1. The zero-order chi connectivity index (χ0) is 25.6. The lowest BCUT2D eigenvalue weighted by Gasteiger charge is -2.28. The van der Waals surface area contributed by atoms with Gasteiger partial charge in [0.15, 0.2) is 0 Å². The molecule has 2 heterocycles. The van der Waals surface area contributed by atoms with Gasteiger partial charge in [0.2, 0.25) is 5.91 Å². The highest BCUT2D eigenvalue weighted by Crippen LogP contribution is 2.27. The van der Waals surface area contributed by atoms with E-state index in [1.165, 1.54) is 4.57 Å². The number of carbonyl (C=O) groups is 1. The highest BCUT2D eigenvalue weighted by atomic mass is 16.5. The second-order valence-corrected chi connectivity index (χ2v) is 10.1. The van der Waals surface area contributed by atoms with E-state index < -0.39 is 0 Å². The monoisotopic (exact) mass is 499 g/mol. The number of nitriles is 1. The average molecular weight is 500 g/mol. The molecule has 2 aliphatic rings. The molecule has 1 N–H and O–H groups in total. The predicted molar refractivity (Wildman–Crippen MR) is 142 cm³/mol. The molecule has 1 aliphatic heterocycles. The second kappa shape index (κ2) is 11.6. The van der Waals surface area contributed by atoms with Crippen molar-refractivity contribution in [1.82, 2.24) is 19.8 Å². The molecule has 37 heavy (non-hydrogen) atoms. The van der Waals surface area contributed by atoms with E-state index in [2.05, 4.69) is 16.3 Å². The first kappa shape index (κ1) is 25.0. The van der Waals surface area contributed by atoms with Gasteiger partial charge in [-0.25, -0.2) is 4.98 Å². The van der Waals surface area contributed by atoms with E-state index in [1.807, 2.05) is 42.5 Å². The molecule has 1 saturated heterocycles. The second-order valence-electron chi connectivity index (χ2n) is 10.1. The quantitative estimate of drug-likeness (QED) is 0.428. The minimum Gasteiger partial charge on any atom is -0.494 e. The maximum Gasteiger partial charge on any atom is 0.262 e. The summed E-state index contributed by atoms with van der Waals surface area (Å²) in [5.74, 6) is 1.67. The zero-order valence-electron chi connectivity index (χ0n) is 21.1. The summed E-state index contributed by atoms with van der Waals surface area (Å²) in [5, 5.41) is 12.4. The van der Waals surface area contributed by atoms with Gasteiger partial charge in [-0.2, -0.15) is 5.26 Å². The highest BCUT2D eigenvalue weighted by Gasteiger charge is 2.22. The standard InChI is InChI=1S/C29H33N5O3/c30-18-21-11-14-33(15-12-21)13-4-16-37-24-9-10-26-25(17-24)29(36)34(20-27(35)31-19-22-7-8-22)28(32-26)23-5-2-1-3-6-23/h1-3,5-6,9-10,17,21-22H,4,7-8,11-16,19-20H2,(H,31,35). The fourth-order valence-corrected chi connectivity index (χ4v) is 4.79. The maximum atomic E-state index is 13.6. The first-order valence-electron chi connectivity index (χ1n) is 13.2. The SMILES string of the molecule is N#CC1CCN(CCCOc2ccc3nc(-c4ccccc4)n(CC(=O)NCC4CC4)c(=O)c3c2)CC1. The van der Waals surface area contributed by atoms with Crippen LogP contribution in [-0.2, 0) is 11.3 Å². The van der Waals surface area contributed by atoms with Gasteiger partial charge < -0.3 is 15.0 Å². The summed E-state index contributed by atoms with van der Waals surface area (Å²) in [7, 11) is 0. The molecule has 8 heteroatoms. The highest BCUT2D eigenvalue weighted by molar-refractivity contribution is 5.82. The van der Waals surface area contributed by atoms with Crippen LogP contribution in [0.2, 0.25) is 0 Å². The van der Waals surface area contributed by atoms with Crippen LogP contribution in [0.25, 0.3) is 22.3 Å². The number of nitrogens with one attached hydrogen (secondary N) is 1. The summed E-state index contributed by atoms with van der Waals surface area (Å²) in [6.45, 7) is 3.96. The largest absolute Gasteiger partial charge is 0.494 e. The van der Waals surface area contributed by atoms with Crippen LogP contribution in [0, 0.1) is 23.2 Å². The molecule has 1 amide bonds. The lowest BCUT2D eigenvalue weighted by Crippen LogP contribution is -2.34. The Morgan fingerprint density at radius 1 is 1.11 bits per heavy atom. The van der Waals surface area contributed by atoms with Crippen molar-refractivity contribution in [3.05, 3.63) is 58.9 Å². The van der Waals surface area contributed by atoms with E-state index in [-0.39, 0.29) is 23.9 Å². The Hall–Kier alpha value is -3.70. The summed E-state index contributed by atoms with van der Waals surface area (Å²) >= 11 is 0. The first-order valence-corrected chi connectivity index (χ1v) is 13.2. The van der Waals surface area contributed by atoms with E-state index in [1.54, 1.807) is 6.07 Å². The van der Waals surface area contributed by atoms with Crippen LogP contribution in [0.15, 0.2) is 53.3 Å². The van der Waals surface area contributed by atoms with Gasteiger partial charge in [0.05, 0.1) is 23.6 Å². The third-order valence-electron chi connectivity index (χ3n) is 7.20. The van der Waals surface area contributed by atoms with Crippen molar-refractivity contribution < 1.29 is 9.53 Å². The third-order valence-corrected chi connectivity index (χ3v) is 7.20. The van der Waals surface area contributed by atoms with E-state index in [4.69, 9.17) is 15.0 Å². The number of ether oxygens (including phenoxy) is 1. The van der Waals surface area contributed by atoms with Gasteiger partial charge in [-0.3, -0.25) is 14.2 Å². The molecule has 1 saturated carbocycles. The Labute approximate surface area is 216 Å². The predicted octanol–water partition coefficient (Wildman–Crippen LogP) is 3.59. The van der Waals surface area contributed by atoms with Gasteiger partial charge in [0.1, 0.15) is 18.1 Å². The number of likely N-dealkylation sites (tertiary alicyclic amines) is 1. The van der Waals surface area contributed by atoms with Crippen molar-refractivity contribution in [3.63, 3.8) is 0 Å². The Bertz CT molecular complexity index is 1340. The van der Waals surface area contributed by atoms with Gasteiger partial charge in [-0.05, 0) is 69.3 Å². The number of carbonyl (C=O) groups excluding carboxylic acids is 1. The number of amides is 1. The summed E-state index contributed by atoms with van der Waals surface area (Å²) in [6, 6.07) is 17.2. The van der Waals surface area contributed by atoms with Crippen molar-refractivity contribution in [3.8, 4) is 23.2 Å². The molecule has 1 aromatic heterocycles. The third kappa shape index (κ3) is 6.36. The smallest absolute Gasteiger partial charge is 0.262 e. The number of nitrogens with zero attached hydrogens (tertiary/aromatic N) is 4. The molecule has 1 aliphatic carbocycles.